The molecule has 0 N–H and O–H groups in total. The van der Waals surface area contributed by atoms with Crippen LogP contribution in [-0.4, -0.2) is 15.1 Å². The summed E-state index contributed by atoms with van der Waals surface area (Å²) in [5.74, 6) is -2.83. The molecule has 0 aliphatic heterocycles. The Balaban J connectivity index is 3.52. The minimum atomic E-state index is -3.19. The van der Waals surface area contributed by atoms with Crippen LogP contribution in [0.3, 0.4) is 0 Å². The van der Waals surface area contributed by atoms with Gasteiger partial charge >= 0.3 is 12.2 Å². The molecule has 0 bridgehead atoms. The number of rotatable bonds is 3. The molecule has 1 heterocycles. The van der Waals surface area contributed by atoms with Gasteiger partial charge in [0.2, 0.25) is 5.69 Å². The van der Waals surface area contributed by atoms with Crippen molar-refractivity contribution in [1.29, 1.82) is 0 Å². The highest BCUT2D eigenvalue weighted by molar-refractivity contribution is 6.68. The van der Waals surface area contributed by atoms with E-state index in [-0.39, 0.29) is 6.07 Å². The number of nitrogens with zero attached hydrogens (tertiary/aromatic N) is 2. The number of aromatic nitrogens is 1. The van der Waals surface area contributed by atoms with E-state index in [1.165, 1.54) is 0 Å². The molecule has 0 aliphatic rings. The van der Waals surface area contributed by atoms with E-state index in [1.807, 2.05) is 0 Å². The van der Waals surface area contributed by atoms with Crippen molar-refractivity contribution in [2.45, 2.75) is 6.43 Å². The predicted octanol–water partition coefficient (Wildman–Crippen LogP) is 2.45. The molecular formula is C7H2ClF3N2O3. The maximum absolute atomic E-state index is 13.1. The summed E-state index contributed by atoms with van der Waals surface area (Å²) >= 11 is 4.88. The summed E-state index contributed by atoms with van der Waals surface area (Å²) in [6.07, 6.45) is -3.19. The lowest BCUT2D eigenvalue weighted by molar-refractivity contribution is -0.390. The lowest BCUT2D eigenvalue weighted by Crippen LogP contribution is -2.07. The number of hydrogen-bond donors (Lipinski definition) is 0. The van der Waals surface area contributed by atoms with E-state index in [4.69, 9.17) is 11.6 Å². The summed E-state index contributed by atoms with van der Waals surface area (Å²) in [6.45, 7) is 0. The molecule has 0 aliphatic carbocycles. The first-order valence-electron chi connectivity index (χ1n) is 3.67. The molecule has 9 heteroatoms. The topological polar surface area (TPSA) is 73.1 Å². The molecule has 0 radical (unpaired) electrons. The Bertz CT molecular complexity index is 466. The van der Waals surface area contributed by atoms with Crippen molar-refractivity contribution in [3.05, 3.63) is 33.3 Å². The van der Waals surface area contributed by atoms with Crippen LogP contribution in [0.2, 0.25) is 0 Å². The fraction of sp³-hybridized carbons (Fsp3) is 0.143. The third-order valence-electron chi connectivity index (χ3n) is 1.57. The van der Waals surface area contributed by atoms with Crippen molar-refractivity contribution in [2.24, 2.45) is 0 Å². The van der Waals surface area contributed by atoms with Gasteiger partial charge in [-0.15, -0.1) is 0 Å². The third-order valence-corrected chi connectivity index (χ3v) is 1.75. The van der Waals surface area contributed by atoms with Crippen LogP contribution in [0.25, 0.3) is 0 Å². The van der Waals surface area contributed by atoms with Crippen molar-refractivity contribution in [2.75, 3.05) is 0 Å². The van der Waals surface area contributed by atoms with Crippen molar-refractivity contribution in [1.82, 2.24) is 4.98 Å². The van der Waals surface area contributed by atoms with E-state index in [2.05, 4.69) is 4.98 Å². The number of carbonyl (C=O) groups is 1. The first kappa shape index (κ1) is 12.4. The molecule has 16 heavy (non-hydrogen) atoms. The van der Waals surface area contributed by atoms with E-state index < -0.39 is 39.5 Å². The normalized spacial score (nSPS) is 10.6. The van der Waals surface area contributed by atoms with Crippen LogP contribution in [0.5, 0.6) is 0 Å². The Hall–Kier alpha value is -1.70. The van der Waals surface area contributed by atoms with Crippen molar-refractivity contribution < 1.29 is 22.9 Å². The third kappa shape index (κ3) is 2.27. The van der Waals surface area contributed by atoms with Gasteiger partial charge in [0.05, 0.1) is 0 Å². The van der Waals surface area contributed by atoms with Gasteiger partial charge in [-0.1, -0.05) is 0 Å². The van der Waals surface area contributed by atoms with Crippen LogP contribution in [0, 0.1) is 15.9 Å². The van der Waals surface area contributed by atoms with E-state index in [1.54, 1.807) is 0 Å². The van der Waals surface area contributed by atoms with Crippen LogP contribution in [0.15, 0.2) is 6.07 Å². The molecule has 0 spiro atoms. The summed E-state index contributed by atoms with van der Waals surface area (Å²) in [6, 6.07) is 0.229. The zero-order valence-corrected chi connectivity index (χ0v) is 8.04. The number of alkyl halides is 2. The Morgan fingerprint density at radius 3 is 2.50 bits per heavy atom. The average Bonchev–Trinajstić information content (AvgIpc) is 2.15. The maximum atomic E-state index is 13.1. The van der Waals surface area contributed by atoms with Gasteiger partial charge < -0.3 is 10.1 Å². The zero-order valence-electron chi connectivity index (χ0n) is 7.29. The smallest absolute Gasteiger partial charge is 0.358 e. The van der Waals surface area contributed by atoms with Crippen LogP contribution < -0.4 is 0 Å². The number of carbonyl (C=O) groups excluding carboxylic acids is 1. The van der Waals surface area contributed by atoms with Gasteiger partial charge in [0.15, 0.2) is 5.56 Å². The van der Waals surface area contributed by atoms with Gasteiger partial charge in [-0.25, -0.2) is 13.2 Å². The first-order chi connectivity index (χ1) is 7.34. The lowest BCUT2D eigenvalue weighted by Gasteiger charge is -2.01. The summed E-state index contributed by atoms with van der Waals surface area (Å²) in [4.78, 5) is 22.6. The monoisotopic (exact) mass is 254 g/mol. The summed E-state index contributed by atoms with van der Waals surface area (Å²) in [5.41, 5.74) is -2.26. The Kier molecular flexibility index (Phi) is 3.43. The second kappa shape index (κ2) is 4.44. The highest BCUT2D eigenvalue weighted by Gasteiger charge is 2.30. The first-order valence-corrected chi connectivity index (χ1v) is 4.05. The van der Waals surface area contributed by atoms with Crippen LogP contribution in [0.4, 0.5) is 19.0 Å². The second-order valence-corrected chi connectivity index (χ2v) is 2.90. The summed E-state index contributed by atoms with van der Waals surface area (Å²) in [7, 11) is 0. The highest BCUT2D eigenvalue weighted by Crippen LogP contribution is 2.26. The number of pyridine rings is 1. The minimum absolute atomic E-state index is 0.229. The van der Waals surface area contributed by atoms with Gasteiger partial charge in [0.1, 0.15) is 5.82 Å². The van der Waals surface area contributed by atoms with Crippen LogP contribution in [0.1, 0.15) is 22.5 Å². The van der Waals surface area contributed by atoms with Crippen molar-refractivity contribution >= 4 is 22.7 Å². The number of hydrogen-bond acceptors (Lipinski definition) is 4. The standard InChI is InChI=1S/C7H2ClF3N2O3/c8-5(14)4-2(9)1-3(6(10)11)12-7(4)13(15)16/h1,6H. The second-order valence-electron chi connectivity index (χ2n) is 2.56. The highest BCUT2D eigenvalue weighted by atomic mass is 35.5. The molecular weight excluding hydrogens is 253 g/mol. The Morgan fingerprint density at radius 1 is 1.56 bits per heavy atom. The van der Waals surface area contributed by atoms with Gasteiger partial charge in [0, 0.05) is 6.07 Å². The molecule has 86 valence electrons. The van der Waals surface area contributed by atoms with Crippen LogP contribution >= 0.6 is 11.6 Å². The zero-order chi connectivity index (χ0) is 12.5. The fourth-order valence-electron chi connectivity index (χ4n) is 0.945. The minimum Gasteiger partial charge on any atom is -0.358 e. The quantitative estimate of drug-likeness (QED) is 0.472. The average molecular weight is 255 g/mol. The van der Waals surface area contributed by atoms with Crippen molar-refractivity contribution in [3.63, 3.8) is 0 Å². The van der Waals surface area contributed by atoms with Crippen LogP contribution in [-0.2, 0) is 0 Å². The predicted molar refractivity (Wildman–Crippen MR) is 46.0 cm³/mol. The molecule has 0 saturated heterocycles. The van der Waals surface area contributed by atoms with Gasteiger partial charge in [0.25, 0.3) is 5.24 Å². The van der Waals surface area contributed by atoms with E-state index in [0.717, 1.165) is 0 Å². The molecule has 5 nitrogen and oxygen atoms in total. The van der Waals surface area contributed by atoms with E-state index in [9.17, 15) is 28.1 Å². The summed E-state index contributed by atoms with van der Waals surface area (Å²) in [5, 5.41) is 8.90. The van der Waals surface area contributed by atoms with E-state index >= 15 is 0 Å². The maximum Gasteiger partial charge on any atom is 0.379 e. The number of nitro groups is 1. The van der Waals surface area contributed by atoms with Gasteiger partial charge in [-0.05, 0) is 21.5 Å². The number of halogens is 4. The molecule has 1 rings (SSSR count). The summed E-state index contributed by atoms with van der Waals surface area (Å²) < 4.78 is 37.4. The van der Waals surface area contributed by atoms with E-state index in [0.29, 0.717) is 0 Å². The SMILES string of the molecule is O=C(Cl)c1c(F)cc(C(F)F)nc1[N+](=O)[O-]. The Morgan fingerprint density at radius 2 is 2.12 bits per heavy atom. The molecule has 0 saturated carbocycles. The molecule has 0 unspecified atom stereocenters. The molecule has 1 aromatic rings. The molecule has 0 atom stereocenters. The Labute approximate surface area is 91.0 Å². The van der Waals surface area contributed by atoms with Gasteiger partial charge in [-0.3, -0.25) is 4.79 Å². The molecule has 0 aromatic carbocycles. The van der Waals surface area contributed by atoms with Gasteiger partial charge in [-0.2, -0.15) is 0 Å². The molecule has 1 aromatic heterocycles. The van der Waals surface area contributed by atoms with Crippen molar-refractivity contribution in [3.8, 4) is 0 Å². The largest absolute Gasteiger partial charge is 0.379 e. The molecule has 0 fully saturated rings. The molecule has 0 amide bonds. The fourth-order valence-corrected chi connectivity index (χ4v) is 1.12. The lowest BCUT2D eigenvalue weighted by atomic mass is 10.2.